The van der Waals surface area contributed by atoms with E-state index in [-0.39, 0.29) is 12.5 Å². The molecule has 1 rings (SSSR count). The fourth-order valence-corrected chi connectivity index (χ4v) is 1.37. The average Bonchev–Trinajstić information content (AvgIpc) is 2.36. The number of hydrogen-bond donors (Lipinski definition) is 2. The molecule has 0 amide bonds. The van der Waals surface area contributed by atoms with Crippen molar-refractivity contribution in [1.82, 2.24) is 0 Å². The van der Waals surface area contributed by atoms with Crippen molar-refractivity contribution < 1.29 is 14.3 Å². The number of anilines is 2. The molecule has 5 nitrogen and oxygen atoms in total. The van der Waals surface area contributed by atoms with E-state index >= 15 is 0 Å². The Kier molecular flexibility index (Phi) is 5.84. The van der Waals surface area contributed by atoms with E-state index in [1.54, 1.807) is 25.1 Å². The molecule has 0 spiro atoms. The van der Waals surface area contributed by atoms with Gasteiger partial charge >= 0.3 is 5.97 Å². The van der Waals surface area contributed by atoms with Crippen LogP contribution in [0, 0.1) is 0 Å². The summed E-state index contributed by atoms with van der Waals surface area (Å²) < 4.78 is 10.3. The number of carbonyl (C=O) groups excluding carboxylic acids is 1. The van der Waals surface area contributed by atoms with Gasteiger partial charge in [0.2, 0.25) is 0 Å². The summed E-state index contributed by atoms with van der Waals surface area (Å²) in [7, 11) is 0. The molecule has 0 saturated heterocycles. The minimum absolute atomic E-state index is 0.130. The minimum atomic E-state index is -0.287. The van der Waals surface area contributed by atoms with Gasteiger partial charge in [0.25, 0.3) is 0 Å². The summed E-state index contributed by atoms with van der Waals surface area (Å²) in [6.45, 7) is 4.93. The quantitative estimate of drug-likeness (QED) is 0.574. The van der Waals surface area contributed by atoms with Gasteiger partial charge in [-0.05, 0) is 25.5 Å². The highest BCUT2D eigenvalue weighted by Crippen LogP contribution is 2.25. The summed E-state index contributed by atoms with van der Waals surface area (Å²) in [6.07, 6.45) is 0.917. The van der Waals surface area contributed by atoms with Crippen LogP contribution in [0.15, 0.2) is 18.2 Å². The third kappa shape index (κ3) is 4.53. The Labute approximate surface area is 107 Å². The van der Waals surface area contributed by atoms with E-state index in [1.807, 2.05) is 6.92 Å². The monoisotopic (exact) mass is 252 g/mol. The maximum Gasteiger partial charge on any atom is 0.325 e. The minimum Gasteiger partial charge on any atom is -0.491 e. The highest BCUT2D eigenvalue weighted by atomic mass is 16.5. The zero-order valence-corrected chi connectivity index (χ0v) is 10.9. The van der Waals surface area contributed by atoms with Crippen molar-refractivity contribution in [2.24, 2.45) is 0 Å². The second-order valence-corrected chi connectivity index (χ2v) is 3.76. The largest absolute Gasteiger partial charge is 0.491 e. The summed E-state index contributed by atoms with van der Waals surface area (Å²) in [5, 5.41) is 2.96. The normalized spacial score (nSPS) is 9.89. The van der Waals surface area contributed by atoms with Gasteiger partial charge in [0.1, 0.15) is 12.3 Å². The van der Waals surface area contributed by atoms with E-state index in [0.29, 0.717) is 24.7 Å². The fraction of sp³-hybridized carbons (Fsp3) is 0.462. The highest BCUT2D eigenvalue weighted by molar-refractivity contribution is 5.75. The van der Waals surface area contributed by atoms with Gasteiger partial charge in [0, 0.05) is 11.8 Å². The Morgan fingerprint density at radius 1 is 1.39 bits per heavy atom. The molecule has 3 N–H and O–H groups in total. The number of carbonyl (C=O) groups is 1. The van der Waals surface area contributed by atoms with Gasteiger partial charge in [-0.1, -0.05) is 6.92 Å². The number of benzene rings is 1. The predicted octanol–water partition coefficient (Wildman–Crippen LogP) is 2.03. The van der Waals surface area contributed by atoms with Crippen LogP contribution in [0.1, 0.15) is 20.3 Å². The molecule has 0 fully saturated rings. The second kappa shape index (κ2) is 7.42. The van der Waals surface area contributed by atoms with Crippen LogP contribution in [0.2, 0.25) is 0 Å². The number of nitrogen functional groups attached to an aromatic ring is 1. The molecule has 100 valence electrons. The molecular formula is C13H20N2O3. The number of nitrogens with one attached hydrogen (secondary N) is 1. The third-order valence-corrected chi connectivity index (χ3v) is 2.22. The Morgan fingerprint density at radius 3 is 2.83 bits per heavy atom. The lowest BCUT2D eigenvalue weighted by atomic mass is 10.2. The fourth-order valence-electron chi connectivity index (χ4n) is 1.37. The van der Waals surface area contributed by atoms with Gasteiger partial charge in [-0.15, -0.1) is 0 Å². The molecule has 0 atom stereocenters. The second-order valence-electron chi connectivity index (χ2n) is 3.76. The Balaban J connectivity index is 2.58. The van der Waals surface area contributed by atoms with Crippen LogP contribution in [-0.4, -0.2) is 25.7 Å². The Hall–Kier alpha value is -1.91. The first kappa shape index (κ1) is 14.2. The molecule has 0 aliphatic carbocycles. The molecule has 1 aromatic rings. The smallest absolute Gasteiger partial charge is 0.325 e. The molecule has 5 heteroatoms. The molecule has 0 aromatic heterocycles. The number of rotatable bonds is 7. The maximum atomic E-state index is 11.2. The van der Waals surface area contributed by atoms with Crippen LogP contribution in [0.25, 0.3) is 0 Å². The lowest BCUT2D eigenvalue weighted by Gasteiger charge is -2.11. The third-order valence-electron chi connectivity index (χ3n) is 2.22. The van der Waals surface area contributed by atoms with Gasteiger partial charge in [-0.2, -0.15) is 0 Å². The zero-order chi connectivity index (χ0) is 13.4. The van der Waals surface area contributed by atoms with Crippen molar-refractivity contribution in [3.8, 4) is 5.75 Å². The van der Waals surface area contributed by atoms with Crippen LogP contribution in [0.4, 0.5) is 11.4 Å². The maximum absolute atomic E-state index is 11.2. The molecule has 0 aliphatic rings. The molecule has 0 radical (unpaired) electrons. The zero-order valence-electron chi connectivity index (χ0n) is 10.9. The Bertz CT molecular complexity index is 394. The van der Waals surface area contributed by atoms with Gasteiger partial charge in [-0.25, -0.2) is 0 Å². The van der Waals surface area contributed by atoms with E-state index in [9.17, 15) is 4.79 Å². The van der Waals surface area contributed by atoms with Crippen molar-refractivity contribution in [3.05, 3.63) is 18.2 Å². The first-order chi connectivity index (χ1) is 8.67. The molecule has 0 saturated carbocycles. The van der Waals surface area contributed by atoms with Gasteiger partial charge in [-0.3, -0.25) is 4.79 Å². The number of esters is 1. The van der Waals surface area contributed by atoms with Gasteiger partial charge < -0.3 is 20.5 Å². The van der Waals surface area contributed by atoms with E-state index in [2.05, 4.69) is 5.32 Å². The molecule has 1 aromatic carbocycles. The highest BCUT2D eigenvalue weighted by Gasteiger charge is 2.04. The summed E-state index contributed by atoms with van der Waals surface area (Å²) >= 11 is 0. The molecule has 0 bridgehead atoms. The number of nitrogens with two attached hydrogens (primary N) is 1. The van der Waals surface area contributed by atoms with Gasteiger partial charge in [0.05, 0.1) is 18.9 Å². The molecule has 0 aliphatic heterocycles. The number of hydrogen-bond acceptors (Lipinski definition) is 5. The van der Waals surface area contributed by atoms with Crippen LogP contribution in [-0.2, 0) is 9.53 Å². The van der Waals surface area contributed by atoms with Crippen molar-refractivity contribution in [1.29, 1.82) is 0 Å². The predicted molar refractivity (Wildman–Crippen MR) is 71.8 cm³/mol. The lowest BCUT2D eigenvalue weighted by molar-refractivity contribution is -0.140. The molecule has 0 unspecified atom stereocenters. The number of ether oxygens (including phenoxy) is 2. The van der Waals surface area contributed by atoms with Crippen molar-refractivity contribution in [3.63, 3.8) is 0 Å². The molecular weight excluding hydrogens is 232 g/mol. The first-order valence-corrected chi connectivity index (χ1v) is 6.09. The summed E-state index contributed by atoms with van der Waals surface area (Å²) in [6, 6.07) is 5.33. The first-order valence-electron chi connectivity index (χ1n) is 6.09. The van der Waals surface area contributed by atoms with E-state index in [0.717, 1.165) is 12.1 Å². The van der Waals surface area contributed by atoms with E-state index in [1.165, 1.54) is 0 Å². The van der Waals surface area contributed by atoms with E-state index in [4.69, 9.17) is 15.2 Å². The molecule has 18 heavy (non-hydrogen) atoms. The van der Waals surface area contributed by atoms with Crippen molar-refractivity contribution >= 4 is 17.3 Å². The summed E-state index contributed by atoms with van der Waals surface area (Å²) in [4.78, 5) is 11.2. The van der Waals surface area contributed by atoms with Crippen LogP contribution in [0.5, 0.6) is 5.75 Å². The standard InChI is InChI=1S/C13H20N2O3/c1-3-7-18-12-8-10(5-6-11(12)14)15-9-13(16)17-4-2/h5-6,8,15H,3-4,7,9,14H2,1-2H3. The van der Waals surface area contributed by atoms with Crippen LogP contribution >= 0.6 is 0 Å². The SMILES string of the molecule is CCCOc1cc(NCC(=O)OCC)ccc1N. The van der Waals surface area contributed by atoms with Crippen molar-refractivity contribution in [2.75, 3.05) is 30.8 Å². The van der Waals surface area contributed by atoms with Crippen LogP contribution < -0.4 is 15.8 Å². The summed E-state index contributed by atoms with van der Waals surface area (Å²) in [5.74, 6) is 0.344. The lowest BCUT2D eigenvalue weighted by Crippen LogP contribution is -2.16. The molecule has 0 heterocycles. The summed E-state index contributed by atoms with van der Waals surface area (Å²) in [5.41, 5.74) is 7.16. The average molecular weight is 252 g/mol. The van der Waals surface area contributed by atoms with Gasteiger partial charge in [0.15, 0.2) is 0 Å². The Morgan fingerprint density at radius 2 is 2.17 bits per heavy atom. The van der Waals surface area contributed by atoms with Crippen LogP contribution in [0.3, 0.4) is 0 Å². The van der Waals surface area contributed by atoms with E-state index < -0.39 is 0 Å². The topological polar surface area (TPSA) is 73.6 Å². The van der Waals surface area contributed by atoms with Crippen molar-refractivity contribution in [2.45, 2.75) is 20.3 Å².